The maximum absolute atomic E-state index is 12.2. The highest BCUT2D eigenvalue weighted by Gasteiger charge is 2.31. The molecule has 148 valence electrons. The van der Waals surface area contributed by atoms with E-state index in [2.05, 4.69) is 10.1 Å². The number of ether oxygens (including phenoxy) is 1. The topological polar surface area (TPSA) is 75.7 Å². The summed E-state index contributed by atoms with van der Waals surface area (Å²) in [5, 5.41) is 4.11. The minimum absolute atomic E-state index is 0.00859. The summed E-state index contributed by atoms with van der Waals surface area (Å²) in [6.07, 6.45) is -4.55. The van der Waals surface area contributed by atoms with Crippen molar-refractivity contribution in [2.75, 3.05) is 18.9 Å². The van der Waals surface area contributed by atoms with Gasteiger partial charge in [0, 0.05) is 31.8 Å². The lowest BCUT2D eigenvalue weighted by atomic mass is 10.2. The van der Waals surface area contributed by atoms with E-state index in [9.17, 15) is 26.4 Å². The monoisotopic (exact) mass is 422 g/mol. The van der Waals surface area contributed by atoms with Crippen LogP contribution in [0.2, 0.25) is 0 Å². The fourth-order valence-electron chi connectivity index (χ4n) is 2.14. The van der Waals surface area contributed by atoms with Gasteiger partial charge in [-0.05, 0) is 30.0 Å². The van der Waals surface area contributed by atoms with Gasteiger partial charge in [-0.2, -0.15) is 0 Å². The molecule has 0 unspecified atom stereocenters. The quantitative estimate of drug-likeness (QED) is 0.704. The highest BCUT2D eigenvalue weighted by Crippen LogP contribution is 2.25. The van der Waals surface area contributed by atoms with E-state index in [0.717, 1.165) is 27.8 Å². The zero-order chi connectivity index (χ0) is 20.1. The third-order valence-corrected chi connectivity index (χ3v) is 6.62. The lowest BCUT2D eigenvalue weighted by Gasteiger charge is -2.15. The molecule has 6 nitrogen and oxygen atoms in total. The Morgan fingerprint density at radius 2 is 2.00 bits per heavy atom. The molecule has 0 fully saturated rings. The van der Waals surface area contributed by atoms with Crippen LogP contribution in [0.4, 0.5) is 18.9 Å². The summed E-state index contributed by atoms with van der Waals surface area (Å²) in [4.78, 5) is 11.9. The maximum atomic E-state index is 12.2. The van der Waals surface area contributed by atoms with E-state index in [1.807, 2.05) is 0 Å². The van der Waals surface area contributed by atoms with Crippen molar-refractivity contribution in [1.82, 2.24) is 4.31 Å². The largest absolute Gasteiger partial charge is 0.573 e. The van der Waals surface area contributed by atoms with Crippen molar-refractivity contribution in [3.63, 3.8) is 0 Å². The third kappa shape index (κ3) is 6.52. The molecule has 1 aromatic carbocycles. The molecule has 0 radical (unpaired) electrons. The number of nitrogens with zero attached hydrogens (tertiary/aromatic N) is 1. The first-order valence-electron chi connectivity index (χ1n) is 7.73. The van der Waals surface area contributed by atoms with Gasteiger partial charge in [0.15, 0.2) is 0 Å². The predicted molar refractivity (Wildman–Crippen MR) is 95.1 cm³/mol. The SMILES string of the molecule is CN(CCCC(=O)Nc1cccc(OC(F)(F)F)c1)S(=O)(=O)c1cccs1. The second-order valence-corrected chi connectivity index (χ2v) is 8.71. The minimum Gasteiger partial charge on any atom is -0.406 e. The van der Waals surface area contributed by atoms with Gasteiger partial charge in [-0.1, -0.05) is 12.1 Å². The number of carbonyl (C=O) groups excluding carboxylic acids is 1. The Morgan fingerprint density at radius 3 is 2.63 bits per heavy atom. The van der Waals surface area contributed by atoms with Gasteiger partial charge in [-0.15, -0.1) is 24.5 Å². The van der Waals surface area contributed by atoms with Gasteiger partial charge >= 0.3 is 6.36 Å². The van der Waals surface area contributed by atoms with E-state index in [4.69, 9.17) is 0 Å². The Hall–Kier alpha value is -2.11. The minimum atomic E-state index is -4.82. The Kier molecular flexibility index (Phi) is 6.84. The van der Waals surface area contributed by atoms with E-state index in [0.29, 0.717) is 0 Å². The Labute approximate surface area is 158 Å². The highest BCUT2D eigenvalue weighted by atomic mass is 32.2. The molecule has 2 aromatic rings. The normalized spacial score (nSPS) is 12.2. The van der Waals surface area contributed by atoms with Crippen molar-refractivity contribution in [1.29, 1.82) is 0 Å². The van der Waals surface area contributed by atoms with Crippen molar-refractivity contribution in [3.8, 4) is 5.75 Å². The molecule has 1 amide bonds. The van der Waals surface area contributed by atoms with Crippen LogP contribution < -0.4 is 10.1 Å². The summed E-state index contributed by atoms with van der Waals surface area (Å²) in [5.41, 5.74) is 0.154. The molecule has 0 spiro atoms. The molecule has 0 aliphatic heterocycles. The van der Waals surface area contributed by atoms with Crippen molar-refractivity contribution in [2.45, 2.75) is 23.4 Å². The number of anilines is 1. The number of benzene rings is 1. The number of carbonyl (C=O) groups is 1. The van der Waals surface area contributed by atoms with Gasteiger partial charge in [-0.3, -0.25) is 4.79 Å². The fraction of sp³-hybridized carbons (Fsp3) is 0.312. The number of thiophene rings is 1. The summed E-state index contributed by atoms with van der Waals surface area (Å²) in [6.45, 7) is 0.130. The van der Waals surface area contributed by atoms with Crippen molar-refractivity contribution in [3.05, 3.63) is 41.8 Å². The first-order chi connectivity index (χ1) is 12.6. The Bertz CT molecular complexity index is 868. The lowest BCUT2D eigenvalue weighted by Crippen LogP contribution is -2.28. The predicted octanol–water partition coefficient (Wildman–Crippen LogP) is 3.69. The Balaban J connectivity index is 1.84. The van der Waals surface area contributed by atoms with Crippen molar-refractivity contribution >= 4 is 33.0 Å². The number of halogens is 3. The van der Waals surface area contributed by atoms with E-state index >= 15 is 0 Å². The molecule has 1 heterocycles. The molecule has 0 saturated heterocycles. The first-order valence-corrected chi connectivity index (χ1v) is 10.1. The number of sulfonamides is 1. The van der Waals surface area contributed by atoms with Crippen molar-refractivity contribution in [2.24, 2.45) is 0 Å². The standard InChI is InChI=1S/C16H17F3N2O4S2/c1-21(27(23,24)15-8-4-10-26-15)9-3-7-14(22)20-12-5-2-6-13(11-12)25-16(17,18)19/h2,4-6,8,10-11H,3,7,9H2,1H3,(H,20,22). The van der Waals surface area contributed by atoms with Crippen LogP contribution in [0.3, 0.4) is 0 Å². The molecule has 0 aliphatic carbocycles. The molecule has 1 N–H and O–H groups in total. The van der Waals surface area contributed by atoms with Crippen LogP contribution >= 0.6 is 11.3 Å². The molecule has 0 saturated carbocycles. The average molecular weight is 422 g/mol. The van der Waals surface area contributed by atoms with Crippen LogP contribution in [0.1, 0.15) is 12.8 Å². The highest BCUT2D eigenvalue weighted by molar-refractivity contribution is 7.91. The zero-order valence-electron chi connectivity index (χ0n) is 14.2. The smallest absolute Gasteiger partial charge is 0.406 e. The molecule has 27 heavy (non-hydrogen) atoms. The Morgan fingerprint density at radius 1 is 1.26 bits per heavy atom. The molecule has 0 atom stereocenters. The molecular formula is C16H17F3N2O4S2. The summed E-state index contributed by atoms with van der Waals surface area (Å²) in [5.74, 6) is -0.886. The molecular weight excluding hydrogens is 405 g/mol. The van der Waals surface area contributed by atoms with Gasteiger partial charge in [-0.25, -0.2) is 12.7 Å². The summed E-state index contributed by atoms with van der Waals surface area (Å²) in [7, 11) is -2.16. The van der Waals surface area contributed by atoms with Crippen LogP contribution in [-0.4, -0.2) is 38.6 Å². The second-order valence-electron chi connectivity index (χ2n) is 5.49. The summed E-state index contributed by atoms with van der Waals surface area (Å²) >= 11 is 1.10. The molecule has 1 aromatic heterocycles. The molecule has 2 rings (SSSR count). The van der Waals surface area contributed by atoms with Gasteiger partial charge < -0.3 is 10.1 Å². The zero-order valence-corrected chi connectivity index (χ0v) is 15.8. The van der Waals surface area contributed by atoms with Crippen LogP contribution in [0.5, 0.6) is 5.75 Å². The van der Waals surface area contributed by atoms with Gasteiger partial charge in [0.1, 0.15) is 9.96 Å². The van der Waals surface area contributed by atoms with E-state index < -0.39 is 28.0 Å². The van der Waals surface area contributed by atoms with Gasteiger partial charge in [0.25, 0.3) is 10.0 Å². The lowest BCUT2D eigenvalue weighted by molar-refractivity contribution is -0.274. The second kappa shape index (κ2) is 8.72. The fourth-order valence-corrected chi connectivity index (χ4v) is 4.55. The number of alkyl halides is 3. The maximum Gasteiger partial charge on any atom is 0.573 e. The van der Waals surface area contributed by atoms with Crippen molar-refractivity contribution < 1.29 is 31.1 Å². The third-order valence-electron chi connectivity index (χ3n) is 3.39. The number of hydrogen-bond acceptors (Lipinski definition) is 5. The van der Waals surface area contributed by atoms with Crippen LogP contribution in [-0.2, 0) is 14.8 Å². The molecule has 0 bridgehead atoms. The van der Waals surface area contributed by atoms with Crippen LogP contribution in [0.25, 0.3) is 0 Å². The number of hydrogen-bond donors (Lipinski definition) is 1. The number of rotatable bonds is 8. The summed E-state index contributed by atoms with van der Waals surface area (Å²) < 4.78 is 66.3. The summed E-state index contributed by atoms with van der Waals surface area (Å²) in [6, 6.07) is 8.05. The number of nitrogens with one attached hydrogen (secondary N) is 1. The van der Waals surface area contributed by atoms with Gasteiger partial charge in [0.05, 0.1) is 0 Å². The van der Waals surface area contributed by atoms with E-state index in [1.165, 1.54) is 25.2 Å². The average Bonchev–Trinajstić information content (AvgIpc) is 3.08. The number of amides is 1. The van der Waals surface area contributed by atoms with E-state index in [1.54, 1.807) is 11.4 Å². The van der Waals surface area contributed by atoms with Crippen LogP contribution in [0.15, 0.2) is 46.0 Å². The first kappa shape index (κ1) is 21.2. The van der Waals surface area contributed by atoms with E-state index in [-0.39, 0.29) is 29.3 Å². The van der Waals surface area contributed by atoms with Gasteiger partial charge in [0.2, 0.25) is 5.91 Å². The molecule has 11 heteroatoms. The van der Waals surface area contributed by atoms with Crippen LogP contribution in [0, 0.1) is 0 Å². The molecule has 0 aliphatic rings.